The van der Waals surface area contributed by atoms with E-state index in [0.717, 1.165) is 24.9 Å². The van der Waals surface area contributed by atoms with Crippen molar-refractivity contribution in [1.82, 2.24) is 0 Å². The Bertz CT molecular complexity index is 614. The molecule has 0 N–H and O–H groups in total. The van der Waals surface area contributed by atoms with Gasteiger partial charge in [-0.2, -0.15) is 0 Å². The standard InChI is InChI=1S/C18H21NO/c1-13(2)12-18-11-7-6-10-17(18)19(14(3)20)16-9-5-4-8-15(16)18/h4-5,8-10H,1,6-7,11-12H2,2-3H3/t18-/m1/s1. The maximum absolute atomic E-state index is 12.2. The second-order valence-electron chi connectivity index (χ2n) is 6.07. The molecule has 20 heavy (non-hydrogen) atoms. The molecule has 1 aromatic carbocycles. The summed E-state index contributed by atoms with van der Waals surface area (Å²) in [6, 6.07) is 8.34. The average Bonchev–Trinajstić information content (AvgIpc) is 2.68. The van der Waals surface area contributed by atoms with Crippen LogP contribution in [0.25, 0.3) is 0 Å². The Kier molecular flexibility index (Phi) is 3.04. The Hall–Kier alpha value is -1.83. The lowest BCUT2D eigenvalue weighted by molar-refractivity contribution is -0.116. The first-order chi connectivity index (χ1) is 9.56. The molecule has 1 atom stereocenters. The normalized spacial score (nSPS) is 23.9. The maximum Gasteiger partial charge on any atom is 0.228 e. The molecular formula is C18H21NO. The number of para-hydroxylation sites is 1. The van der Waals surface area contributed by atoms with Gasteiger partial charge in [0.2, 0.25) is 5.91 Å². The summed E-state index contributed by atoms with van der Waals surface area (Å²) in [4.78, 5) is 14.1. The topological polar surface area (TPSA) is 20.3 Å². The third-order valence-corrected chi connectivity index (χ3v) is 4.46. The summed E-state index contributed by atoms with van der Waals surface area (Å²) in [5.41, 5.74) is 4.68. The van der Waals surface area contributed by atoms with Crippen LogP contribution in [0, 0.1) is 0 Å². The van der Waals surface area contributed by atoms with E-state index in [4.69, 9.17) is 0 Å². The van der Waals surface area contributed by atoms with Gasteiger partial charge in [0.25, 0.3) is 0 Å². The van der Waals surface area contributed by atoms with Crippen molar-refractivity contribution in [2.24, 2.45) is 0 Å². The van der Waals surface area contributed by atoms with E-state index >= 15 is 0 Å². The number of carbonyl (C=O) groups excluding carboxylic acids is 1. The lowest BCUT2D eigenvalue weighted by atomic mass is 9.69. The van der Waals surface area contributed by atoms with E-state index in [9.17, 15) is 4.79 Å². The molecule has 0 saturated carbocycles. The van der Waals surface area contributed by atoms with E-state index in [-0.39, 0.29) is 11.3 Å². The third kappa shape index (κ3) is 1.75. The Morgan fingerprint density at radius 3 is 2.80 bits per heavy atom. The molecule has 1 aliphatic carbocycles. The van der Waals surface area contributed by atoms with Crippen LogP contribution in [0.4, 0.5) is 5.69 Å². The first-order valence-corrected chi connectivity index (χ1v) is 7.31. The molecule has 1 aliphatic heterocycles. The minimum Gasteiger partial charge on any atom is -0.284 e. The molecule has 1 amide bonds. The SMILES string of the molecule is C=C(C)C[C@@]12CCCC=C1N(C(C)=O)c1ccccc12. The van der Waals surface area contributed by atoms with Crippen molar-refractivity contribution in [2.75, 3.05) is 4.90 Å². The van der Waals surface area contributed by atoms with Gasteiger partial charge in [0.05, 0.1) is 5.69 Å². The predicted octanol–water partition coefficient (Wildman–Crippen LogP) is 4.32. The average molecular weight is 267 g/mol. The molecule has 0 fully saturated rings. The minimum absolute atomic E-state index is 0.0354. The first-order valence-electron chi connectivity index (χ1n) is 7.31. The Morgan fingerprint density at radius 2 is 2.10 bits per heavy atom. The van der Waals surface area contributed by atoms with Gasteiger partial charge in [-0.05, 0) is 44.2 Å². The Morgan fingerprint density at radius 1 is 1.35 bits per heavy atom. The smallest absolute Gasteiger partial charge is 0.228 e. The van der Waals surface area contributed by atoms with Gasteiger partial charge in [0.1, 0.15) is 0 Å². The minimum atomic E-state index is -0.0354. The highest BCUT2D eigenvalue weighted by Gasteiger charge is 2.48. The number of hydrogen-bond donors (Lipinski definition) is 0. The van der Waals surface area contributed by atoms with Gasteiger partial charge in [-0.3, -0.25) is 9.69 Å². The van der Waals surface area contributed by atoms with Crippen molar-refractivity contribution in [3.63, 3.8) is 0 Å². The van der Waals surface area contributed by atoms with Crippen LogP contribution in [0.15, 0.2) is 48.2 Å². The van der Waals surface area contributed by atoms with Crippen LogP contribution in [0.2, 0.25) is 0 Å². The molecule has 0 spiro atoms. The van der Waals surface area contributed by atoms with E-state index in [2.05, 4.69) is 37.8 Å². The zero-order chi connectivity index (χ0) is 14.3. The number of anilines is 1. The van der Waals surface area contributed by atoms with Crippen molar-refractivity contribution >= 4 is 11.6 Å². The molecule has 0 unspecified atom stereocenters. The van der Waals surface area contributed by atoms with Crippen LogP contribution in [-0.2, 0) is 10.2 Å². The summed E-state index contributed by atoms with van der Waals surface area (Å²) in [5, 5.41) is 0. The molecule has 2 nitrogen and oxygen atoms in total. The molecule has 1 heterocycles. The molecule has 2 heteroatoms. The fourth-order valence-electron chi connectivity index (χ4n) is 3.88. The Balaban J connectivity index is 2.25. The van der Waals surface area contributed by atoms with E-state index in [0.29, 0.717) is 0 Å². The van der Waals surface area contributed by atoms with Crippen LogP contribution >= 0.6 is 0 Å². The van der Waals surface area contributed by atoms with Gasteiger partial charge in [0.15, 0.2) is 0 Å². The molecule has 1 aromatic rings. The van der Waals surface area contributed by atoms with Gasteiger partial charge in [-0.1, -0.05) is 29.8 Å². The zero-order valence-electron chi connectivity index (χ0n) is 12.3. The quantitative estimate of drug-likeness (QED) is 0.730. The number of rotatable bonds is 2. The summed E-state index contributed by atoms with van der Waals surface area (Å²) < 4.78 is 0. The molecule has 0 radical (unpaired) electrons. The maximum atomic E-state index is 12.2. The largest absolute Gasteiger partial charge is 0.284 e. The second-order valence-corrected chi connectivity index (χ2v) is 6.07. The van der Waals surface area contributed by atoms with Crippen LogP contribution in [0.1, 0.15) is 45.1 Å². The summed E-state index contributed by atoms with van der Waals surface area (Å²) in [7, 11) is 0. The van der Waals surface area contributed by atoms with Crippen molar-refractivity contribution in [3.05, 3.63) is 53.8 Å². The highest BCUT2D eigenvalue weighted by atomic mass is 16.2. The zero-order valence-corrected chi connectivity index (χ0v) is 12.3. The Labute approximate surface area is 120 Å². The van der Waals surface area contributed by atoms with Crippen molar-refractivity contribution in [1.29, 1.82) is 0 Å². The number of hydrogen-bond acceptors (Lipinski definition) is 1. The third-order valence-electron chi connectivity index (χ3n) is 4.46. The first kappa shape index (κ1) is 13.2. The summed E-state index contributed by atoms with van der Waals surface area (Å²) >= 11 is 0. The molecule has 2 aliphatic rings. The van der Waals surface area contributed by atoms with Crippen molar-refractivity contribution in [3.8, 4) is 0 Å². The summed E-state index contributed by atoms with van der Waals surface area (Å²) in [5.74, 6) is 0.106. The van der Waals surface area contributed by atoms with Gasteiger partial charge < -0.3 is 0 Å². The second kappa shape index (κ2) is 4.62. The molecule has 0 bridgehead atoms. The van der Waals surface area contributed by atoms with Crippen LogP contribution in [-0.4, -0.2) is 5.91 Å². The molecule has 104 valence electrons. The van der Waals surface area contributed by atoms with Crippen LogP contribution < -0.4 is 4.90 Å². The van der Waals surface area contributed by atoms with E-state index < -0.39 is 0 Å². The molecule has 3 rings (SSSR count). The summed E-state index contributed by atoms with van der Waals surface area (Å²) in [6.45, 7) is 7.86. The number of carbonyl (C=O) groups is 1. The monoisotopic (exact) mass is 267 g/mol. The number of amides is 1. The van der Waals surface area contributed by atoms with E-state index in [1.807, 2.05) is 11.0 Å². The van der Waals surface area contributed by atoms with Crippen LogP contribution in [0.5, 0.6) is 0 Å². The molecule has 0 aromatic heterocycles. The lowest BCUT2D eigenvalue weighted by Crippen LogP contribution is -2.35. The van der Waals surface area contributed by atoms with Crippen molar-refractivity contribution in [2.45, 2.75) is 44.9 Å². The molecular weight excluding hydrogens is 246 g/mol. The highest BCUT2D eigenvalue weighted by Crippen LogP contribution is 2.55. The number of benzene rings is 1. The van der Waals surface area contributed by atoms with Gasteiger partial charge in [-0.15, -0.1) is 6.58 Å². The predicted molar refractivity (Wildman–Crippen MR) is 82.6 cm³/mol. The van der Waals surface area contributed by atoms with E-state index in [1.54, 1.807) is 6.92 Å². The highest BCUT2D eigenvalue weighted by molar-refractivity contribution is 5.99. The van der Waals surface area contributed by atoms with Gasteiger partial charge in [-0.25, -0.2) is 0 Å². The van der Waals surface area contributed by atoms with Crippen LogP contribution in [0.3, 0.4) is 0 Å². The van der Waals surface area contributed by atoms with Gasteiger partial charge in [0, 0.05) is 18.0 Å². The van der Waals surface area contributed by atoms with Crippen molar-refractivity contribution < 1.29 is 4.79 Å². The fraction of sp³-hybridized carbons (Fsp3) is 0.389. The fourth-order valence-corrected chi connectivity index (χ4v) is 3.88. The molecule has 0 saturated heterocycles. The lowest BCUT2D eigenvalue weighted by Gasteiger charge is -2.36. The van der Waals surface area contributed by atoms with E-state index in [1.165, 1.54) is 23.3 Å². The van der Waals surface area contributed by atoms with Gasteiger partial charge >= 0.3 is 0 Å². The number of fused-ring (bicyclic) bond motifs is 3. The number of nitrogens with zero attached hydrogens (tertiary/aromatic N) is 1. The summed E-state index contributed by atoms with van der Waals surface area (Å²) in [6.07, 6.45) is 6.53. The number of allylic oxidation sites excluding steroid dienone is 3.